The highest BCUT2D eigenvalue weighted by Gasteiger charge is 2.61. The third-order valence-corrected chi connectivity index (χ3v) is 10.1. The van der Waals surface area contributed by atoms with Crippen LogP contribution in [-0.2, 0) is 19.1 Å². The Balaban J connectivity index is 1.07. The minimum absolute atomic E-state index is 0.186. The molecule has 4 aliphatic rings. The van der Waals surface area contributed by atoms with E-state index < -0.39 is 30.3 Å². The second-order valence-corrected chi connectivity index (χ2v) is 12.2. The Bertz CT molecular complexity index is 1710. The van der Waals surface area contributed by atoms with Crippen LogP contribution in [0.25, 0.3) is 0 Å². The number of imide groups is 1. The lowest BCUT2D eigenvalue weighted by Crippen LogP contribution is -2.41. The summed E-state index contributed by atoms with van der Waals surface area (Å²) in [6, 6.07) is 26.1. The van der Waals surface area contributed by atoms with Crippen molar-refractivity contribution >= 4 is 51.0 Å². The molecular weight excluding hydrogens is 608 g/mol. The van der Waals surface area contributed by atoms with Gasteiger partial charge in [0.25, 0.3) is 5.91 Å². The van der Waals surface area contributed by atoms with Crippen LogP contribution >= 0.6 is 15.9 Å². The van der Waals surface area contributed by atoms with Crippen LogP contribution in [-0.4, -0.2) is 30.3 Å². The van der Waals surface area contributed by atoms with Gasteiger partial charge in [0.05, 0.1) is 23.1 Å². The normalized spacial score (nSPS) is 21.2. The second-order valence-electron chi connectivity index (χ2n) is 11.4. The number of anilines is 2. The Labute approximate surface area is 257 Å². The van der Waals surface area contributed by atoms with Gasteiger partial charge in [0.1, 0.15) is 0 Å². The topological polar surface area (TPSA) is 92.8 Å². The van der Waals surface area contributed by atoms with Gasteiger partial charge in [-0.05, 0) is 83.6 Å². The molecule has 0 unspecified atom stereocenters. The van der Waals surface area contributed by atoms with Crippen LogP contribution in [0.15, 0.2) is 89.4 Å². The minimum atomic E-state index is -0.679. The molecule has 2 bridgehead atoms. The molecule has 1 fully saturated rings. The van der Waals surface area contributed by atoms with E-state index in [4.69, 9.17) is 4.74 Å². The van der Waals surface area contributed by atoms with Crippen molar-refractivity contribution in [1.82, 2.24) is 0 Å². The van der Waals surface area contributed by atoms with E-state index >= 15 is 0 Å². The first kappa shape index (κ1) is 27.3. The van der Waals surface area contributed by atoms with Crippen LogP contribution in [0.3, 0.4) is 0 Å². The number of nitrogens with one attached hydrogen (secondary N) is 1. The maximum absolute atomic E-state index is 13.9. The number of ether oxygens (including phenoxy) is 1. The summed E-state index contributed by atoms with van der Waals surface area (Å²) in [7, 11) is 0. The van der Waals surface area contributed by atoms with Crippen molar-refractivity contribution in [2.45, 2.75) is 25.7 Å². The van der Waals surface area contributed by atoms with Crippen molar-refractivity contribution in [2.75, 3.05) is 16.8 Å². The Kier molecular flexibility index (Phi) is 6.54. The van der Waals surface area contributed by atoms with Crippen LogP contribution in [0.2, 0.25) is 0 Å². The van der Waals surface area contributed by atoms with Crippen LogP contribution in [0.1, 0.15) is 55.6 Å². The lowest BCUT2D eigenvalue weighted by molar-refractivity contribution is -0.122. The van der Waals surface area contributed by atoms with E-state index in [0.717, 1.165) is 37.9 Å². The Morgan fingerprint density at radius 2 is 1.23 bits per heavy atom. The fraction of sp³-hybridized carbons (Fsp3) is 0.200. The fourth-order valence-corrected chi connectivity index (χ4v) is 7.34. The van der Waals surface area contributed by atoms with Gasteiger partial charge in [0, 0.05) is 22.0 Å². The van der Waals surface area contributed by atoms with Gasteiger partial charge in [-0.2, -0.15) is 0 Å². The summed E-state index contributed by atoms with van der Waals surface area (Å²) in [6.07, 6.45) is 0. The molecule has 2 atom stereocenters. The van der Waals surface area contributed by atoms with Gasteiger partial charge >= 0.3 is 5.97 Å². The van der Waals surface area contributed by atoms with Crippen LogP contribution in [0, 0.1) is 25.7 Å². The molecule has 1 aliphatic heterocycles. The minimum Gasteiger partial charge on any atom is -0.452 e. The summed E-state index contributed by atoms with van der Waals surface area (Å²) in [5.41, 5.74) is 7.64. The first-order valence-electron chi connectivity index (χ1n) is 14.1. The monoisotopic (exact) mass is 634 g/mol. The average molecular weight is 636 g/mol. The molecule has 8 heteroatoms. The number of rotatable bonds is 5. The van der Waals surface area contributed by atoms with Crippen molar-refractivity contribution < 1.29 is 23.9 Å². The highest BCUT2D eigenvalue weighted by molar-refractivity contribution is 9.10. The number of aryl methyl sites for hydroxylation is 2. The molecule has 0 aromatic heterocycles. The third kappa shape index (κ3) is 4.31. The zero-order valence-corrected chi connectivity index (χ0v) is 25.1. The smallest absolute Gasteiger partial charge is 0.338 e. The number of amides is 3. The van der Waals surface area contributed by atoms with Crippen LogP contribution in [0.4, 0.5) is 11.4 Å². The number of hydrogen-bond donors (Lipinski definition) is 1. The first-order valence-corrected chi connectivity index (χ1v) is 14.9. The van der Waals surface area contributed by atoms with E-state index in [0.29, 0.717) is 11.4 Å². The molecule has 7 nitrogen and oxygen atoms in total. The molecule has 1 heterocycles. The molecule has 43 heavy (non-hydrogen) atoms. The van der Waals surface area contributed by atoms with Crippen molar-refractivity contribution in [1.29, 1.82) is 0 Å². The van der Waals surface area contributed by atoms with Gasteiger partial charge in [0.2, 0.25) is 11.8 Å². The fourth-order valence-electron chi connectivity index (χ4n) is 7.11. The lowest BCUT2D eigenvalue weighted by atomic mass is 9.55. The van der Waals surface area contributed by atoms with Crippen molar-refractivity contribution in [3.63, 3.8) is 0 Å². The van der Waals surface area contributed by atoms with Crippen LogP contribution < -0.4 is 10.2 Å². The second kappa shape index (κ2) is 10.3. The van der Waals surface area contributed by atoms with Gasteiger partial charge in [-0.3, -0.25) is 14.4 Å². The van der Waals surface area contributed by atoms with E-state index in [9.17, 15) is 19.2 Å². The van der Waals surface area contributed by atoms with Gasteiger partial charge in [-0.1, -0.05) is 64.5 Å². The molecule has 1 saturated heterocycles. The maximum atomic E-state index is 13.9. The summed E-state index contributed by atoms with van der Waals surface area (Å²) >= 11 is 3.50. The molecule has 0 radical (unpaired) electrons. The molecule has 0 spiro atoms. The largest absolute Gasteiger partial charge is 0.452 e. The summed E-state index contributed by atoms with van der Waals surface area (Å²) in [4.78, 5) is 54.3. The summed E-state index contributed by atoms with van der Waals surface area (Å²) in [5.74, 6) is -2.92. The molecule has 214 valence electrons. The third-order valence-electron chi connectivity index (χ3n) is 8.86. The first-order chi connectivity index (χ1) is 20.7. The number of esters is 1. The van der Waals surface area contributed by atoms with Gasteiger partial charge < -0.3 is 10.1 Å². The summed E-state index contributed by atoms with van der Waals surface area (Å²) in [6.45, 7) is 3.40. The predicted octanol–water partition coefficient (Wildman–Crippen LogP) is 6.26. The summed E-state index contributed by atoms with van der Waals surface area (Å²) < 4.78 is 6.20. The number of carbonyl (C=O) groups is 4. The highest BCUT2D eigenvalue weighted by Crippen LogP contribution is 2.61. The molecule has 4 aromatic rings. The van der Waals surface area contributed by atoms with E-state index in [1.807, 2.05) is 50.2 Å². The molecule has 3 aliphatic carbocycles. The van der Waals surface area contributed by atoms with Gasteiger partial charge in [0.15, 0.2) is 6.61 Å². The highest BCUT2D eigenvalue weighted by atomic mass is 79.9. The van der Waals surface area contributed by atoms with Gasteiger partial charge in [-0.25, -0.2) is 9.69 Å². The maximum Gasteiger partial charge on any atom is 0.338 e. The van der Waals surface area contributed by atoms with E-state index in [1.165, 1.54) is 17.0 Å². The molecule has 8 rings (SSSR count). The van der Waals surface area contributed by atoms with Gasteiger partial charge in [-0.15, -0.1) is 0 Å². The van der Waals surface area contributed by atoms with E-state index in [2.05, 4.69) is 45.5 Å². The number of nitrogens with zero attached hydrogens (tertiary/aromatic N) is 1. The van der Waals surface area contributed by atoms with Crippen LogP contribution in [0.5, 0.6) is 0 Å². The van der Waals surface area contributed by atoms with E-state index in [-0.39, 0.29) is 29.2 Å². The average Bonchev–Trinajstić information content (AvgIpc) is 3.28. The zero-order valence-electron chi connectivity index (χ0n) is 23.5. The predicted molar refractivity (Wildman–Crippen MR) is 165 cm³/mol. The van der Waals surface area contributed by atoms with Crippen molar-refractivity contribution in [2.24, 2.45) is 11.8 Å². The molecule has 3 amide bonds. The Morgan fingerprint density at radius 3 is 1.70 bits per heavy atom. The van der Waals surface area contributed by atoms with Crippen molar-refractivity contribution in [3.05, 3.63) is 128 Å². The molecule has 4 aromatic carbocycles. The quantitative estimate of drug-likeness (QED) is 0.207. The Morgan fingerprint density at radius 1 is 0.767 bits per heavy atom. The van der Waals surface area contributed by atoms with Crippen molar-refractivity contribution in [3.8, 4) is 0 Å². The number of halogens is 1. The SMILES string of the molecule is Cc1cc(NC(=O)COC(=O)c2ccc(N3C(=O)[C@@H]4C5c6ccccc6C(c6ccccc65)[C@@H]4C3=O)cc2)cc(C)c1Br. The number of benzene rings is 4. The lowest BCUT2D eigenvalue weighted by Gasteiger charge is -2.45. The number of hydrogen-bond acceptors (Lipinski definition) is 5. The van der Waals surface area contributed by atoms with E-state index in [1.54, 1.807) is 12.1 Å². The Hall–Kier alpha value is -4.56. The molecule has 0 saturated carbocycles. The molecule has 1 N–H and O–H groups in total. The zero-order chi connectivity index (χ0) is 30.0. The molecular formula is C35H27BrN2O5. The standard InChI is InChI=1S/C35H27BrN2O5/c1-18-15-21(16-19(2)32(18)36)37-27(39)17-43-35(42)20-11-13-22(14-12-20)38-33(40)30-28-23-7-3-4-8-24(23)29(31(30)34(38)41)26-10-6-5-9-25(26)28/h3-16,28-31H,17H2,1-2H3,(H,37,39)/t28?,29?,30-,31+. The number of carbonyl (C=O) groups excluding carboxylic acids is 4. The summed E-state index contributed by atoms with van der Waals surface area (Å²) in [5, 5.41) is 2.74.